The van der Waals surface area contributed by atoms with Crippen molar-refractivity contribution < 1.29 is 47.7 Å². The standard InChI is InChI=1S/C32H34N6O5.C24H29N5O3.C8H6ClNO2/c1-18-9-10-24-23(8-7-11-33-24)28(18)20-13-26(36-29(39)19(2)38(6)31(41)43-32(3,4)5)35-27(14-20)37-30(40)25-12-21-16-42-17-22(21)15-34-25;1-14-9-10-18-17(8-7-11-26-18)21(14)16-12-19(25)27-20(13-16)28-22(30)15(2)29(6)23(31)32-24(3,4)5;9-8(11)7-1-5-3-12-4-6(5)2-10-7/h7-15,19H,16-17H2,1-6H3,(H2,35,36,37,39,40);7-13,15H,1-6H3,(H3,25,27,28,30);1-2H,3-4H2. The smallest absolute Gasteiger partial charge is 0.410 e. The van der Waals surface area contributed by atoms with E-state index in [1.54, 1.807) is 117 Å². The van der Waals surface area contributed by atoms with Gasteiger partial charge in [0.05, 0.1) is 37.5 Å². The number of nitrogens with one attached hydrogen (secondary N) is 3. The summed E-state index contributed by atoms with van der Waals surface area (Å²) in [5.74, 6) is -0.361. The van der Waals surface area contributed by atoms with Crippen LogP contribution in [0.25, 0.3) is 44.1 Å². The van der Waals surface area contributed by atoms with Crippen molar-refractivity contribution in [2.45, 2.75) is 119 Å². The number of rotatable bonds is 11. The predicted molar refractivity (Wildman–Crippen MR) is 332 cm³/mol. The van der Waals surface area contributed by atoms with Crippen LogP contribution in [-0.2, 0) is 55.0 Å². The maximum absolute atomic E-state index is 13.3. The molecule has 22 nitrogen and oxygen atoms in total. The van der Waals surface area contributed by atoms with Crippen molar-refractivity contribution in [2.24, 2.45) is 0 Å². The average Bonchev–Trinajstić information content (AvgIpc) is 1.71. The van der Waals surface area contributed by atoms with Crippen molar-refractivity contribution in [3.8, 4) is 22.3 Å². The molecule has 2 atom stereocenters. The van der Waals surface area contributed by atoms with E-state index in [2.05, 4.69) is 45.9 Å². The molecule has 0 radical (unpaired) electrons. The lowest BCUT2D eigenvalue weighted by atomic mass is 9.96. The molecule has 0 saturated carbocycles. The first-order valence-electron chi connectivity index (χ1n) is 27.8. The van der Waals surface area contributed by atoms with Gasteiger partial charge in [-0.2, -0.15) is 0 Å². The van der Waals surface area contributed by atoms with Gasteiger partial charge >= 0.3 is 12.2 Å². The summed E-state index contributed by atoms with van der Waals surface area (Å²) in [6, 6.07) is 24.3. The van der Waals surface area contributed by atoms with Crippen molar-refractivity contribution >= 4 is 91.8 Å². The quantitative estimate of drug-likeness (QED) is 0.0875. The highest BCUT2D eigenvalue weighted by atomic mass is 35.5. The fourth-order valence-electron chi connectivity index (χ4n) is 9.18. The van der Waals surface area contributed by atoms with Crippen LogP contribution in [-0.4, -0.2) is 112 Å². The van der Waals surface area contributed by atoms with Gasteiger partial charge in [0.2, 0.25) is 11.8 Å². The van der Waals surface area contributed by atoms with Crippen molar-refractivity contribution in [2.75, 3.05) is 35.8 Å². The van der Waals surface area contributed by atoms with Crippen molar-refractivity contribution in [1.82, 2.24) is 39.7 Å². The van der Waals surface area contributed by atoms with Crippen LogP contribution in [0.5, 0.6) is 0 Å². The van der Waals surface area contributed by atoms with E-state index in [4.69, 9.17) is 36.3 Å². The van der Waals surface area contributed by atoms with Gasteiger partial charge < -0.3 is 40.6 Å². The van der Waals surface area contributed by atoms with E-state index >= 15 is 0 Å². The Kier molecular flexibility index (Phi) is 19.6. The minimum atomic E-state index is -0.875. The van der Waals surface area contributed by atoms with E-state index in [-0.39, 0.29) is 23.1 Å². The van der Waals surface area contributed by atoms with Crippen LogP contribution in [0.1, 0.15) is 110 Å². The molecule has 2 aliphatic heterocycles. The van der Waals surface area contributed by atoms with E-state index in [1.807, 2.05) is 62.4 Å². The van der Waals surface area contributed by atoms with Crippen LogP contribution in [0.4, 0.5) is 32.9 Å². The molecular weight excluding hydrogens is 1130 g/mol. The summed E-state index contributed by atoms with van der Waals surface area (Å²) in [5.41, 5.74) is 16.2. The summed E-state index contributed by atoms with van der Waals surface area (Å²) in [6.45, 7) is 19.8. The van der Waals surface area contributed by atoms with Gasteiger partial charge in [-0.3, -0.25) is 48.9 Å². The number of nitrogens with zero attached hydrogens (tertiary/aromatic N) is 8. The molecule has 0 spiro atoms. The van der Waals surface area contributed by atoms with Crippen LogP contribution in [0, 0.1) is 13.8 Å². The molecule has 5 N–H and O–H groups in total. The number of amides is 5. The number of halogens is 1. The summed E-state index contributed by atoms with van der Waals surface area (Å²) in [7, 11) is 3.01. The van der Waals surface area contributed by atoms with Crippen molar-refractivity contribution in [3.05, 3.63) is 154 Å². The second kappa shape index (κ2) is 26.8. The zero-order valence-corrected chi connectivity index (χ0v) is 51.2. The Labute approximate surface area is 508 Å². The Hall–Kier alpha value is -9.51. The molecule has 23 heteroatoms. The molecule has 2 aliphatic rings. The third-order valence-electron chi connectivity index (χ3n) is 13.9. The zero-order valence-electron chi connectivity index (χ0n) is 50.5. The Balaban J connectivity index is 0.000000194. The van der Waals surface area contributed by atoms with Gasteiger partial charge in [0.1, 0.15) is 57.9 Å². The molecule has 452 valence electrons. The lowest BCUT2D eigenvalue weighted by molar-refractivity contribution is -0.121. The number of nitrogens with two attached hydrogens (primary N) is 1. The highest BCUT2D eigenvalue weighted by molar-refractivity contribution is 6.67. The average molecular weight is 1200 g/mol. The number of aryl methyl sites for hydroxylation is 2. The van der Waals surface area contributed by atoms with Gasteiger partial charge in [0.25, 0.3) is 11.1 Å². The van der Waals surface area contributed by atoms with E-state index in [0.29, 0.717) is 43.5 Å². The summed E-state index contributed by atoms with van der Waals surface area (Å²) in [6.07, 6.45) is 5.54. The minimum Gasteiger partial charge on any atom is -0.444 e. The van der Waals surface area contributed by atoms with Gasteiger partial charge in [-0.25, -0.2) is 19.6 Å². The largest absolute Gasteiger partial charge is 0.444 e. The highest BCUT2D eigenvalue weighted by Gasteiger charge is 2.30. The fourth-order valence-corrected chi connectivity index (χ4v) is 9.29. The predicted octanol–water partition coefficient (Wildman–Crippen LogP) is 11.3. The molecule has 87 heavy (non-hydrogen) atoms. The molecule has 2 aromatic carbocycles. The molecule has 0 bridgehead atoms. The van der Waals surface area contributed by atoms with E-state index in [9.17, 15) is 28.8 Å². The third-order valence-corrected chi connectivity index (χ3v) is 14.1. The number of aromatic nitrogens is 6. The first-order chi connectivity index (χ1) is 41.1. The number of nitrogen functional groups attached to an aromatic ring is 1. The molecule has 10 rings (SSSR count). The van der Waals surface area contributed by atoms with Gasteiger partial charge in [-0.05, 0) is 186 Å². The number of hydrogen-bond acceptors (Lipinski definition) is 17. The Bertz CT molecular complexity index is 3960. The topological polar surface area (TPSA) is 285 Å². The van der Waals surface area contributed by atoms with Crippen LogP contribution in [0.2, 0.25) is 0 Å². The molecule has 5 amide bonds. The Morgan fingerprint density at radius 1 is 0.563 bits per heavy atom. The van der Waals surface area contributed by atoms with E-state index in [1.165, 1.54) is 23.9 Å². The summed E-state index contributed by atoms with van der Waals surface area (Å²) < 4.78 is 21.3. The maximum atomic E-state index is 13.3. The number of carbonyl (C=O) groups excluding carboxylic acids is 6. The number of benzene rings is 2. The van der Waals surface area contributed by atoms with Gasteiger partial charge in [0.15, 0.2) is 0 Å². The molecular formula is C64H69ClN12O10. The number of ether oxygens (including phenoxy) is 4. The number of carbonyl (C=O) groups is 6. The number of hydrogen-bond donors (Lipinski definition) is 4. The molecule has 6 aromatic heterocycles. The Morgan fingerprint density at radius 2 is 0.977 bits per heavy atom. The normalized spacial score (nSPS) is 13.1. The molecule has 0 fully saturated rings. The summed E-state index contributed by atoms with van der Waals surface area (Å²) >= 11 is 5.26. The number of likely N-dealkylation sites (N-methyl/N-ethyl adjacent to an activating group) is 2. The van der Waals surface area contributed by atoms with Gasteiger partial charge in [-0.15, -0.1) is 0 Å². The van der Waals surface area contributed by atoms with Gasteiger partial charge in [-0.1, -0.05) is 24.3 Å². The second-order valence-electron chi connectivity index (χ2n) is 22.9. The van der Waals surface area contributed by atoms with Crippen LogP contribution < -0.4 is 21.7 Å². The summed E-state index contributed by atoms with van der Waals surface area (Å²) in [4.78, 5) is 103. The van der Waals surface area contributed by atoms with Crippen LogP contribution in [0.3, 0.4) is 0 Å². The maximum Gasteiger partial charge on any atom is 0.410 e. The zero-order chi connectivity index (χ0) is 63.1. The van der Waals surface area contributed by atoms with E-state index < -0.39 is 58.4 Å². The first kappa shape index (κ1) is 63.5. The molecule has 0 saturated heterocycles. The van der Waals surface area contributed by atoms with Crippen LogP contribution in [0.15, 0.2) is 110 Å². The monoisotopic (exact) mass is 1200 g/mol. The Morgan fingerprint density at radius 3 is 1.44 bits per heavy atom. The third kappa shape index (κ3) is 16.1. The molecule has 0 aliphatic carbocycles. The van der Waals surface area contributed by atoms with E-state index in [0.717, 1.165) is 71.9 Å². The SMILES string of the molecule is Cc1ccc2ncccc2c1-c1cc(N)nc(NC(=O)C(C)N(C)C(=O)OC(C)(C)C)c1.Cc1ccc2ncccc2c1-c1cc(NC(=O)c2cc3c(cn2)COC3)nc(NC(=O)C(C)N(C)C(=O)OC(C)(C)C)c1.O=C(Cl)c1cc2c(cn1)COC2. The van der Waals surface area contributed by atoms with Crippen molar-refractivity contribution in [1.29, 1.82) is 0 Å². The number of fused-ring (bicyclic) bond motifs is 4. The van der Waals surface area contributed by atoms with Crippen LogP contribution >= 0.6 is 11.6 Å². The number of pyridine rings is 6. The lowest BCUT2D eigenvalue weighted by Gasteiger charge is -2.28. The highest BCUT2D eigenvalue weighted by Crippen LogP contribution is 2.36. The fraction of sp³-hybridized carbons (Fsp3) is 0.312. The lowest BCUT2D eigenvalue weighted by Crippen LogP contribution is -2.45. The van der Waals surface area contributed by atoms with Crippen molar-refractivity contribution in [3.63, 3.8) is 0 Å². The second-order valence-corrected chi connectivity index (χ2v) is 23.2. The molecule has 8 heterocycles. The first-order valence-corrected chi connectivity index (χ1v) is 28.2. The number of anilines is 4. The van der Waals surface area contributed by atoms with Gasteiger partial charge in [0, 0.05) is 60.8 Å². The molecule has 2 unspecified atom stereocenters. The summed E-state index contributed by atoms with van der Waals surface area (Å²) in [5, 5.41) is 9.76. The minimum absolute atomic E-state index is 0.192. The molecule has 8 aromatic rings.